The van der Waals surface area contributed by atoms with Gasteiger partial charge in [-0.3, -0.25) is 4.68 Å². The van der Waals surface area contributed by atoms with Gasteiger partial charge < -0.3 is 15.0 Å². The molecule has 7 nitrogen and oxygen atoms in total. The van der Waals surface area contributed by atoms with Gasteiger partial charge in [0.2, 0.25) is 0 Å². The standard InChI is InChI=1S/C14H19N7/c1-3-15-12-10-21-9-7-17-14(21)13(18-12)16-6-4-11-5-8-20(2)19-11/h5,7-10,15H,3-4,6H2,1-2H3,(H,16,18). The molecule has 3 aromatic heterocycles. The van der Waals surface area contributed by atoms with E-state index >= 15 is 0 Å². The fourth-order valence-corrected chi connectivity index (χ4v) is 2.22. The molecule has 0 saturated heterocycles. The monoisotopic (exact) mass is 285 g/mol. The van der Waals surface area contributed by atoms with Gasteiger partial charge in [-0.15, -0.1) is 0 Å². The van der Waals surface area contributed by atoms with E-state index in [9.17, 15) is 0 Å². The summed E-state index contributed by atoms with van der Waals surface area (Å²) in [6.07, 6.45) is 8.43. The minimum Gasteiger partial charge on any atom is -0.369 e. The average Bonchev–Trinajstić information content (AvgIpc) is 3.08. The molecule has 0 radical (unpaired) electrons. The Hall–Kier alpha value is -2.57. The number of aromatic nitrogens is 5. The van der Waals surface area contributed by atoms with Gasteiger partial charge in [-0.25, -0.2) is 9.97 Å². The summed E-state index contributed by atoms with van der Waals surface area (Å²) in [5.74, 6) is 1.62. The lowest BCUT2D eigenvalue weighted by Gasteiger charge is -2.09. The van der Waals surface area contributed by atoms with Gasteiger partial charge in [0, 0.05) is 45.1 Å². The quantitative estimate of drug-likeness (QED) is 0.719. The maximum absolute atomic E-state index is 4.57. The predicted molar refractivity (Wildman–Crippen MR) is 82.6 cm³/mol. The summed E-state index contributed by atoms with van der Waals surface area (Å²) in [6, 6.07) is 2.02. The van der Waals surface area contributed by atoms with Gasteiger partial charge >= 0.3 is 0 Å². The van der Waals surface area contributed by atoms with E-state index in [1.54, 1.807) is 6.20 Å². The molecule has 0 fully saturated rings. The smallest absolute Gasteiger partial charge is 0.180 e. The Balaban J connectivity index is 1.74. The van der Waals surface area contributed by atoms with Crippen molar-refractivity contribution in [2.24, 2.45) is 7.05 Å². The Morgan fingerprint density at radius 2 is 2.14 bits per heavy atom. The summed E-state index contributed by atoms with van der Waals surface area (Å²) < 4.78 is 3.78. The molecule has 3 aromatic rings. The Labute approximate surface area is 123 Å². The number of fused-ring (bicyclic) bond motifs is 1. The first-order chi connectivity index (χ1) is 10.3. The van der Waals surface area contributed by atoms with Crippen molar-refractivity contribution in [2.75, 3.05) is 23.7 Å². The number of aryl methyl sites for hydroxylation is 1. The van der Waals surface area contributed by atoms with E-state index in [1.807, 2.05) is 47.7 Å². The molecule has 7 heteroatoms. The van der Waals surface area contributed by atoms with Crippen LogP contribution in [0.3, 0.4) is 0 Å². The largest absolute Gasteiger partial charge is 0.369 e. The molecule has 3 heterocycles. The van der Waals surface area contributed by atoms with E-state index in [4.69, 9.17) is 0 Å². The Kier molecular flexibility index (Phi) is 3.72. The first-order valence-corrected chi connectivity index (χ1v) is 7.06. The van der Waals surface area contributed by atoms with Crippen LogP contribution in [0.4, 0.5) is 11.6 Å². The number of imidazole rings is 1. The molecule has 0 aliphatic rings. The zero-order valence-corrected chi connectivity index (χ0v) is 12.2. The van der Waals surface area contributed by atoms with E-state index in [-0.39, 0.29) is 0 Å². The molecule has 0 aromatic carbocycles. The van der Waals surface area contributed by atoms with Crippen molar-refractivity contribution in [3.05, 3.63) is 36.5 Å². The van der Waals surface area contributed by atoms with Gasteiger partial charge in [0.25, 0.3) is 0 Å². The number of hydrogen-bond acceptors (Lipinski definition) is 5. The summed E-state index contributed by atoms with van der Waals surface area (Å²) in [5.41, 5.74) is 1.89. The molecule has 0 aliphatic heterocycles. The zero-order chi connectivity index (χ0) is 14.7. The molecule has 0 unspecified atom stereocenters. The first-order valence-electron chi connectivity index (χ1n) is 7.06. The molecule has 0 amide bonds. The Bertz CT molecular complexity index is 728. The van der Waals surface area contributed by atoms with Gasteiger partial charge in [-0.2, -0.15) is 5.10 Å². The van der Waals surface area contributed by atoms with E-state index in [2.05, 4.69) is 25.7 Å². The molecule has 0 atom stereocenters. The second-order valence-electron chi connectivity index (χ2n) is 4.82. The molecular formula is C14H19N7. The molecule has 2 N–H and O–H groups in total. The molecule has 0 saturated carbocycles. The normalized spacial score (nSPS) is 11.0. The van der Waals surface area contributed by atoms with Crippen molar-refractivity contribution >= 4 is 17.3 Å². The third kappa shape index (κ3) is 2.96. The second kappa shape index (κ2) is 5.82. The van der Waals surface area contributed by atoms with Crippen molar-refractivity contribution in [2.45, 2.75) is 13.3 Å². The van der Waals surface area contributed by atoms with Crippen LogP contribution in [-0.2, 0) is 13.5 Å². The lowest BCUT2D eigenvalue weighted by molar-refractivity contribution is 0.742. The van der Waals surface area contributed by atoms with Gasteiger partial charge in [0.15, 0.2) is 11.5 Å². The van der Waals surface area contributed by atoms with Crippen LogP contribution < -0.4 is 10.6 Å². The topological polar surface area (TPSA) is 72.1 Å². The van der Waals surface area contributed by atoms with Gasteiger partial charge in [0.05, 0.1) is 11.9 Å². The average molecular weight is 285 g/mol. The first kappa shape index (κ1) is 13.4. The van der Waals surface area contributed by atoms with Crippen LogP contribution in [0, 0.1) is 0 Å². The Morgan fingerprint density at radius 3 is 2.90 bits per heavy atom. The zero-order valence-electron chi connectivity index (χ0n) is 12.2. The van der Waals surface area contributed by atoms with Crippen LogP contribution in [0.1, 0.15) is 12.6 Å². The summed E-state index contributed by atoms with van der Waals surface area (Å²) in [6.45, 7) is 3.65. The summed E-state index contributed by atoms with van der Waals surface area (Å²) in [7, 11) is 1.92. The molecule has 0 bridgehead atoms. The van der Waals surface area contributed by atoms with E-state index in [0.29, 0.717) is 0 Å². The second-order valence-corrected chi connectivity index (χ2v) is 4.82. The maximum Gasteiger partial charge on any atom is 0.180 e. The summed E-state index contributed by atoms with van der Waals surface area (Å²) in [4.78, 5) is 8.91. The van der Waals surface area contributed by atoms with Crippen molar-refractivity contribution in [3.63, 3.8) is 0 Å². The minimum absolute atomic E-state index is 0.766. The lowest BCUT2D eigenvalue weighted by atomic mass is 10.3. The minimum atomic E-state index is 0.766. The maximum atomic E-state index is 4.57. The van der Waals surface area contributed by atoms with E-state index in [0.717, 1.165) is 42.5 Å². The van der Waals surface area contributed by atoms with Crippen molar-refractivity contribution in [1.82, 2.24) is 24.1 Å². The highest BCUT2D eigenvalue weighted by Crippen LogP contribution is 2.16. The molecule has 3 rings (SSSR count). The van der Waals surface area contributed by atoms with Crippen LogP contribution >= 0.6 is 0 Å². The SMILES string of the molecule is CCNc1cn2ccnc2c(NCCc2ccn(C)n2)n1. The highest BCUT2D eigenvalue weighted by molar-refractivity contribution is 5.65. The van der Waals surface area contributed by atoms with Crippen molar-refractivity contribution in [3.8, 4) is 0 Å². The number of anilines is 2. The molecule has 21 heavy (non-hydrogen) atoms. The number of nitrogens with zero attached hydrogens (tertiary/aromatic N) is 5. The van der Waals surface area contributed by atoms with Gasteiger partial charge in [-0.05, 0) is 13.0 Å². The van der Waals surface area contributed by atoms with Crippen LogP contribution in [0.15, 0.2) is 30.9 Å². The summed E-state index contributed by atoms with van der Waals surface area (Å²) >= 11 is 0. The summed E-state index contributed by atoms with van der Waals surface area (Å²) in [5, 5.41) is 10.9. The van der Waals surface area contributed by atoms with Crippen LogP contribution in [0.25, 0.3) is 5.65 Å². The highest BCUT2D eigenvalue weighted by Gasteiger charge is 2.07. The fourth-order valence-electron chi connectivity index (χ4n) is 2.22. The predicted octanol–water partition coefficient (Wildman–Crippen LogP) is 1.55. The number of nitrogens with one attached hydrogen (secondary N) is 2. The molecular weight excluding hydrogens is 266 g/mol. The number of hydrogen-bond donors (Lipinski definition) is 2. The van der Waals surface area contributed by atoms with E-state index in [1.165, 1.54) is 0 Å². The van der Waals surface area contributed by atoms with Crippen molar-refractivity contribution < 1.29 is 0 Å². The third-order valence-corrected chi connectivity index (χ3v) is 3.17. The fraction of sp³-hybridized carbons (Fsp3) is 0.357. The van der Waals surface area contributed by atoms with Gasteiger partial charge in [-0.1, -0.05) is 0 Å². The van der Waals surface area contributed by atoms with E-state index < -0.39 is 0 Å². The van der Waals surface area contributed by atoms with Crippen molar-refractivity contribution in [1.29, 1.82) is 0 Å². The number of rotatable bonds is 6. The Morgan fingerprint density at radius 1 is 1.24 bits per heavy atom. The van der Waals surface area contributed by atoms with Gasteiger partial charge in [0.1, 0.15) is 5.82 Å². The molecule has 110 valence electrons. The third-order valence-electron chi connectivity index (χ3n) is 3.17. The molecule has 0 aliphatic carbocycles. The van der Waals surface area contributed by atoms with Crippen LogP contribution in [-0.4, -0.2) is 37.2 Å². The highest BCUT2D eigenvalue weighted by atomic mass is 15.2. The molecule has 0 spiro atoms. The van der Waals surface area contributed by atoms with Crippen LogP contribution in [0.2, 0.25) is 0 Å². The lowest BCUT2D eigenvalue weighted by Crippen LogP contribution is -2.10. The van der Waals surface area contributed by atoms with Crippen LogP contribution in [0.5, 0.6) is 0 Å².